The van der Waals surface area contributed by atoms with E-state index in [0.29, 0.717) is 17.7 Å². The third-order valence-corrected chi connectivity index (χ3v) is 6.58. The molecule has 3 N–H and O–H groups in total. The van der Waals surface area contributed by atoms with Crippen LogP contribution in [0.4, 0.5) is 0 Å². The zero-order valence-corrected chi connectivity index (χ0v) is 17.5. The van der Waals surface area contributed by atoms with E-state index in [-0.39, 0.29) is 6.54 Å². The Morgan fingerprint density at radius 2 is 1.87 bits per heavy atom. The normalized spacial score (nSPS) is 27.7. The lowest BCUT2D eigenvalue weighted by Crippen LogP contribution is -2.58. The molecule has 4 atom stereocenters. The number of imide groups is 1. The average molecular weight is 426 g/mol. The van der Waals surface area contributed by atoms with E-state index >= 15 is 0 Å². The van der Waals surface area contributed by atoms with E-state index in [1.54, 1.807) is 19.2 Å². The minimum atomic E-state index is -1.93. The number of nitrogens with one attached hydrogen (secondary N) is 1. The van der Waals surface area contributed by atoms with Gasteiger partial charge in [0.1, 0.15) is 5.75 Å². The molecule has 0 radical (unpaired) electrons. The van der Waals surface area contributed by atoms with Gasteiger partial charge in [-0.05, 0) is 23.4 Å². The van der Waals surface area contributed by atoms with Gasteiger partial charge in [0.15, 0.2) is 5.54 Å². The first-order valence-electron chi connectivity index (χ1n) is 10.4. The highest BCUT2D eigenvalue weighted by atomic mass is 16.5. The van der Waals surface area contributed by atoms with Gasteiger partial charge in [0.05, 0.1) is 25.6 Å². The minimum Gasteiger partial charge on any atom is -0.496 e. The fraction of sp³-hybridized carbons (Fsp3) is 0.435. The number of carbonyl (C=O) groups is 3. The number of carbonyl (C=O) groups excluding carboxylic acids is 2. The second-order valence-electron chi connectivity index (χ2n) is 8.14. The Balaban J connectivity index is 1.88. The van der Waals surface area contributed by atoms with Crippen molar-refractivity contribution in [1.82, 2.24) is 10.2 Å². The Kier molecular flexibility index (Phi) is 5.45. The van der Waals surface area contributed by atoms with Gasteiger partial charge in [-0.3, -0.25) is 24.6 Å². The number of hydrogen-bond acceptors (Lipinski definition) is 6. The summed E-state index contributed by atoms with van der Waals surface area (Å²) in [5, 5.41) is 24.7. The molecule has 31 heavy (non-hydrogen) atoms. The molecule has 2 aliphatic heterocycles. The van der Waals surface area contributed by atoms with Crippen molar-refractivity contribution in [1.29, 1.82) is 0 Å². The molecule has 8 heteroatoms. The van der Waals surface area contributed by atoms with E-state index < -0.39 is 47.8 Å². The monoisotopic (exact) mass is 426 g/mol. The van der Waals surface area contributed by atoms with Gasteiger partial charge in [0, 0.05) is 18.0 Å². The van der Waals surface area contributed by atoms with Crippen LogP contribution >= 0.6 is 0 Å². The molecule has 4 unspecified atom stereocenters. The summed E-state index contributed by atoms with van der Waals surface area (Å²) in [5.41, 5.74) is -1.23. The summed E-state index contributed by atoms with van der Waals surface area (Å²) >= 11 is 0. The van der Waals surface area contributed by atoms with Gasteiger partial charge in [0.25, 0.3) is 0 Å². The lowest BCUT2D eigenvalue weighted by Gasteiger charge is -2.29. The number of hydrogen-bond donors (Lipinski definition) is 3. The Hall–Kier alpha value is -2.97. The number of fused-ring (bicyclic) bond motifs is 2. The summed E-state index contributed by atoms with van der Waals surface area (Å²) in [6.45, 7) is 1.40. The van der Waals surface area contributed by atoms with Crippen LogP contribution in [0.3, 0.4) is 0 Å². The van der Waals surface area contributed by atoms with Crippen molar-refractivity contribution >= 4 is 28.6 Å². The number of methoxy groups -OCH3 is 1. The van der Waals surface area contributed by atoms with Gasteiger partial charge in [0.2, 0.25) is 11.8 Å². The highest BCUT2D eigenvalue weighted by molar-refractivity contribution is 6.10. The maximum Gasteiger partial charge on any atom is 0.327 e. The fourth-order valence-electron chi connectivity index (χ4n) is 5.02. The number of amides is 2. The molecule has 2 saturated heterocycles. The Morgan fingerprint density at radius 1 is 1.16 bits per heavy atom. The topological polar surface area (TPSA) is 116 Å². The van der Waals surface area contributed by atoms with E-state index in [4.69, 9.17) is 4.74 Å². The third-order valence-electron chi connectivity index (χ3n) is 6.58. The van der Waals surface area contributed by atoms with Crippen molar-refractivity contribution in [2.24, 2.45) is 11.8 Å². The van der Waals surface area contributed by atoms with Crippen molar-refractivity contribution in [3.63, 3.8) is 0 Å². The number of rotatable bonds is 7. The molecule has 2 aromatic rings. The first kappa shape index (κ1) is 21.3. The van der Waals surface area contributed by atoms with Crippen LogP contribution < -0.4 is 10.1 Å². The van der Waals surface area contributed by atoms with Gasteiger partial charge >= 0.3 is 5.97 Å². The zero-order valence-electron chi connectivity index (χ0n) is 17.5. The van der Waals surface area contributed by atoms with E-state index in [9.17, 15) is 24.6 Å². The molecule has 4 rings (SSSR count). The van der Waals surface area contributed by atoms with Crippen LogP contribution in [0, 0.1) is 11.8 Å². The number of carboxylic acid groups (broad SMARTS) is 1. The Bertz CT molecular complexity index is 1050. The maximum atomic E-state index is 13.3. The summed E-state index contributed by atoms with van der Waals surface area (Å²) in [7, 11) is 1.57. The third kappa shape index (κ3) is 3.01. The molecule has 0 saturated carbocycles. The number of nitrogens with zero attached hydrogens (tertiary/aromatic N) is 1. The number of benzene rings is 2. The van der Waals surface area contributed by atoms with Crippen LogP contribution in [-0.2, 0) is 14.4 Å². The van der Waals surface area contributed by atoms with Crippen molar-refractivity contribution < 1.29 is 29.3 Å². The quantitative estimate of drug-likeness (QED) is 0.577. The first-order chi connectivity index (χ1) is 14.9. The van der Waals surface area contributed by atoms with Crippen molar-refractivity contribution in [2.75, 3.05) is 20.3 Å². The first-order valence-corrected chi connectivity index (χ1v) is 10.4. The number of ether oxygens (including phenoxy) is 1. The fourth-order valence-corrected chi connectivity index (χ4v) is 5.02. The van der Waals surface area contributed by atoms with Crippen LogP contribution in [-0.4, -0.2) is 58.7 Å². The highest BCUT2D eigenvalue weighted by Gasteiger charge is 2.68. The molecular formula is C23H26N2O6. The summed E-state index contributed by atoms with van der Waals surface area (Å²) in [5.74, 6) is -3.71. The van der Waals surface area contributed by atoms with Gasteiger partial charge in [-0.25, -0.2) is 0 Å². The van der Waals surface area contributed by atoms with Crippen LogP contribution in [0.15, 0.2) is 36.4 Å². The molecule has 0 bridgehead atoms. The van der Waals surface area contributed by atoms with Gasteiger partial charge < -0.3 is 14.9 Å². The predicted octanol–water partition coefficient (Wildman–Crippen LogP) is 1.71. The largest absolute Gasteiger partial charge is 0.496 e. The number of likely N-dealkylation sites (tertiary alicyclic amines) is 1. The number of aliphatic hydroxyl groups excluding tert-OH is 1. The molecular weight excluding hydrogens is 400 g/mol. The SMILES string of the molecule is CCCCN1C(=O)C2C(c3ccc(OC)c4ccccc34)NC(CO)(C(=O)O)C2C1=O. The van der Waals surface area contributed by atoms with Gasteiger partial charge in [-0.15, -0.1) is 0 Å². The molecule has 2 heterocycles. The molecule has 164 valence electrons. The lowest BCUT2D eigenvalue weighted by atomic mass is 9.79. The van der Waals surface area contributed by atoms with Crippen molar-refractivity contribution in [3.8, 4) is 5.75 Å². The lowest BCUT2D eigenvalue weighted by molar-refractivity contribution is -0.153. The Morgan fingerprint density at radius 3 is 2.48 bits per heavy atom. The second-order valence-corrected chi connectivity index (χ2v) is 8.14. The van der Waals surface area contributed by atoms with E-state index in [2.05, 4.69) is 5.32 Å². The zero-order chi connectivity index (χ0) is 22.3. The van der Waals surface area contributed by atoms with Crippen LogP contribution in [0.2, 0.25) is 0 Å². The summed E-state index contributed by atoms with van der Waals surface area (Å²) < 4.78 is 5.45. The van der Waals surface area contributed by atoms with Crippen molar-refractivity contribution in [3.05, 3.63) is 42.0 Å². The van der Waals surface area contributed by atoms with E-state index in [1.165, 1.54) is 4.90 Å². The summed E-state index contributed by atoms with van der Waals surface area (Å²) in [4.78, 5) is 40.0. The molecule has 2 amide bonds. The highest BCUT2D eigenvalue weighted by Crippen LogP contribution is 2.50. The number of unbranched alkanes of at least 4 members (excludes halogenated alkanes) is 1. The predicted molar refractivity (Wildman–Crippen MR) is 112 cm³/mol. The molecule has 0 aliphatic carbocycles. The van der Waals surface area contributed by atoms with E-state index in [0.717, 1.165) is 17.2 Å². The number of aliphatic hydroxyl groups is 1. The van der Waals surface area contributed by atoms with Crippen LogP contribution in [0.5, 0.6) is 5.75 Å². The molecule has 8 nitrogen and oxygen atoms in total. The molecule has 2 fully saturated rings. The average Bonchev–Trinajstić information content (AvgIpc) is 3.26. The van der Waals surface area contributed by atoms with Crippen LogP contribution in [0.25, 0.3) is 10.8 Å². The number of aliphatic carboxylic acids is 1. The standard InChI is InChI=1S/C23H26N2O6/c1-3-4-11-25-20(27)17-18(21(25)28)23(12-26,22(29)30)24-19(17)15-9-10-16(31-2)14-8-6-5-7-13(14)15/h5-10,17-19,24,26H,3-4,11-12H2,1-2H3,(H,29,30). The maximum absolute atomic E-state index is 13.3. The second kappa shape index (κ2) is 7.94. The number of carboxylic acids is 1. The molecule has 0 aromatic heterocycles. The van der Waals surface area contributed by atoms with Crippen molar-refractivity contribution in [2.45, 2.75) is 31.3 Å². The molecule has 2 aromatic carbocycles. The van der Waals surface area contributed by atoms with E-state index in [1.807, 2.05) is 31.2 Å². The summed E-state index contributed by atoms with van der Waals surface area (Å²) in [6.07, 6.45) is 1.43. The van der Waals surface area contributed by atoms with Crippen LogP contribution in [0.1, 0.15) is 31.4 Å². The van der Waals surface area contributed by atoms with Gasteiger partial charge in [-0.2, -0.15) is 0 Å². The molecule has 0 spiro atoms. The smallest absolute Gasteiger partial charge is 0.327 e. The Labute approximate surface area is 179 Å². The minimum absolute atomic E-state index is 0.248. The van der Waals surface area contributed by atoms with Gasteiger partial charge in [-0.1, -0.05) is 43.7 Å². The molecule has 2 aliphatic rings. The summed E-state index contributed by atoms with van der Waals surface area (Å²) in [6, 6.07) is 10.3.